The lowest BCUT2D eigenvalue weighted by Gasteiger charge is -2.62. The van der Waals surface area contributed by atoms with E-state index in [4.69, 9.17) is 10.5 Å². The lowest BCUT2D eigenvalue weighted by atomic mass is 9.43. The molecule has 4 aliphatic rings. The number of nitrogens with two attached hydrogens (primary N) is 1. The molecule has 0 spiro atoms. The topological polar surface area (TPSA) is 114 Å². The van der Waals surface area contributed by atoms with E-state index >= 15 is 0 Å². The van der Waals surface area contributed by atoms with Crippen molar-refractivity contribution < 1.29 is 19.4 Å². The number of hydrogen-bond donors (Lipinski definition) is 4. The van der Waals surface area contributed by atoms with Gasteiger partial charge in [-0.15, -0.1) is 0 Å². The number of esters is 1. The van der Waals surface area contributed by atoms with Crippen LogP contribution >= 0.6 is 0 Å². The number of aliphatic hydroxyl groups excluding tert-OH is 1. The Morgan fingerprint density at radius 2 is 1.71 bits per heavy atom. The van der Waals surface area contributed by atoms with Crippen molar-refractivity contribution in [1.29, 1.82) is 0 Å². The highest BCUT2D eigenvalue weighted by Gasteiger charge is 2.62. The van der Waals surface area contributed by atoms with Crippen molar-refractivity contribution in [2.24, 2.45) is 58.0 Å². The molecule has 0 aliphatic heterocycles. The zero-order chi connectivity index (χ0) is 29.9. The number of carbonyl (C=O) groups is 2. The minimum atomic E-state index is -0.591. The molecule has 4 rings (SSSR count). The molecule has 236 valence electrons. The number of nitrogens with one attached hydrogen (secondary N) is 2. The van der Waals surface area contributed by atoms with Crippen LogP contribution in [0.1, 0.15) is 112 Å². The van der Waals surface area contributed by atoms with Crippen molar-refractivity contribution in [3.05, 3.63) is 0 Å². The Morgan fingerprint density at radius 1 is 1.00 bits per heavy atom. The van der Waals surface area contributed by atoms with Crippen LogP contribution in [0, 0.1) is 52.3 Å². The second-order valence-electron chi connectivity index (χ2n) is 15.3. The standard InChI is InChI=1S/C34H61N3O4/c1-21(2)31(32(40)41-6)37-29(39)12-9-22(3)25-10-11-26-30-27(14-16-34(25,26)5)33(4)15-13-24(36-18-8-7-17-35)19-23(33)20-28(30)38/h21-28,30-31,36,38H,7-20,35H2,1-6H3,(H,37,39)/t22-,23+,24+,25-,26+,27+,28-,30+,31+,33+,34-/m1/s1. The van der Waals surface area contributed by atoms with Crippen molar-refractivity contribution in [2.75, 3.05) is 20.2 Å². The van der Waals surface area contributed by atoms with Gasteiger partial charge in [-0.2, -0.15) is 0 Å². The van der Waals surface area contributed by atoms with Crippen molar-refractivity contribution in [3.8, 4) is 0 Å². The molecule has 7 heteroatoms. The molecule has 0 aromatic rings. The number of amides is 1. The third kappa shape index (κ3) is 6.67. The second-order valence-corrected chi connectivity index (χ2v) is 15.3. The fourth-order valence-corrected chi connectivity index (χ4v) is 10.4. The van der Waals surface area contributed by atoms with Crippen LogP contribution in [0.25, 0.3) is 0 Å². The van der Waals surface area contributed by atoms with Gasteiger partial charge in [-0.05, 0) is 136 Å². The molecule has 4 aliphatic carbocycles. The summed E-state index contributed by atoms with van der Waals surface area (Å²) < 4.78 is 4.89. The van der Waals surface area contributed by atoms with Gasteiger partial charge in [0, 0.05) is 12.5 Å². The highest BCUT2D eigenvalue weighted by Crippen LogP contribution is 2.68. The molecular weight excluding hydrogens is 514 g/mol. The van der Waals surface area contributed by atoms with Gasteiger partial charge in [-0.3, -0.25) is 4.79 Å². The summed E-state index contributed by atoms with van der Waals surface area (Å²) in [7, 11) is 1.37. The Morgan fingerprint density at radius 3 is 2.39 bits per heavy atom. The van der Waals surface area contributed by atoms with Gasteiger partial charge < -0.3 is 26.2 Å². The first kappa shape index (κ1) is 32.7. The fraction of sp³-hybridized carbons (Fsp3) is 0.941. The van der Waals surface area contributed by atoms with E-state index in [1.807, 2.05) is 13.8 Å². The molecule has 0 aromatic carbocycles. The van der Waals surface area contributed by atoms with Crippen LogP contribution < -0.4 is 16.4 Å². The van der Waals surface area contributed by atoms with Crippen LogP contribution in [-0.4, -0.2) is 55.4 Å². The largest absolute Gasteiger partial charge is 0.467 e. The normalized spacial score (nSPS) is 39.8. The van der Waals surface area contributed by atoms with Crippen LogP contribution in [0.3, 0.4) is 0 Å². The molecule has 0 unspecified atom stereocenters. The van der Waals surface area contributed by atoms with Crippen LogP contribution in [0.4, 0.5) is 0 Å². The van der Waals surface area contributed by atoms with Gasteiger partial charge in [0.15, 0.2) is 0 Å². The van der Waals surface area contributed by atoms with E-state index in [9.17, 15) is 14.7 Å². The first-order chi connectivity index (χ1) is 19.5. The Bertz CT molecular complexity index is 897. The Labute approximate surface area is 249 Å². The summed E-state index contributed by atoms with van der Waals surface area (Å²) in [6.07, 6.45) is 12.9. The quantitative estimate of drug-likeness (QED) is 0.191. The highest BCUT2D eigenvalue weighted by atomic mass is 16.5. The van der Waals surface area contributed by atoms with Gasteiger partial charge in [-0.1, -0.05) is 34.6 Å². The monoisotopic (exact) mass is 575 g/mol. The Hall–Kier alpha value is -1.18. The first-order valence-electron chi connectivity index (χ1n) is 16.9. The van der Waals surface area contributed by atoms with E-state index in [1.54, 1.807) is 0 Å². The molecule has 7 nitrogen and oxygen atoms in total. The average Bonchev–Trinajstić information content (AvgIpc) is 3.30. The SMILES string of the molecule is COC(=O)[C@@H](NC(=O)CC[C@@H](C)[C@H]1CC[C@H]2[C@@H]3[C@H](O)C[C@@H]4C[C@@H](NCCCCN)CC[C@]4(C)[C@H]3CC[C@]12C)C(C)C. The molecule has 4 saturated carbocycles. The van der Waals surface area contributed by atoms with Crippen molar-refractivity contribution in [2.45, 2.75) is 130 Å². The maximum absolute atomic E-state index is 12.8. The summed E-state index contributed by atoms with van der Waals surface area (Å²) in [4.78, 5) is 24.9. The van der Waals surface area contributed by atoms with E-state index < -0.39 is 6.04 Å². The lowest BCUT2D eigenvalue weighted by molar-refractivity contribution is -0.167. The average molecular weight is 576 g/mol. The predicted molar refractivity (Wildman–Crippen MR) is 164 cm³/mol. The molecule has 11 atom stereocenters. The van der Waals surface area contributed by atoms with Crippen LogP contribution in [-0.2, 0) is 14.3 Å². The minimum absolute atomic E-state index is 0.00969. The number of aliphatic hydroxyl groups is 1. The van der Waals surface area contributed by atoms with Gasteiger partial charge in [0.25, 0.3) is 0 Å². The molecule has 4 fully saturated rings. The lowest BCUT2D eigenvalue weighted by Crippen LogP contribution is -2.59. The molecule has 5 N–H and O–H groups in total. The molecule has 0 heterocycles. The fourth-order valence-electron chi connectivity index (χ4n) is 10.4. The van der Waals surface area contributed by atoms with E-state index in [-0.39, 0.29) is 29.3 Å². The summed E-state index contributed by atoms with van der Waals surface area (Å²) in [5.74, 6) is 2.79. The maximum atomic E-state index is 12.8. The van der Waals surface area contributed by atoms with E-state index in [0.717, 1.165) is 38.8 Å². The van der Waals surface area contributed by atoms with Crippen LogP contribution in [0.15, 0.2) is 0 Å². The van der Waals surface area contributed by atoms with Gasteiger partial charge in [0.1, 0.15) is 6.04 Å². The summed E-state index contributed by atoms with van der Waals surface area (Å²) in [6, 6.07) is -0.00717. The van der Waals surface area contributed by atoms with Crippen LogP contribution in [0.5, 0.6) is 0 Å². The van der Waals surface area contributed by atoms with Gasteiger partial charge in [0.2, 0.25) is 5.91 Å². The van der Waals surface area contributed by atoms with Gasteiger partial charge in [0.05, 0.1) is 13.2 Å². The Balaban J connectivity index is 1.36. The number of carbonyl (C=O) groups excluding carboxylic acids is 2. The minimum Gasteiger partial charge on any atom is -0.467 e. The number of methoxy groups -OCH3 is 1. The van der Waals surface area contributed by atoms with Crippen LogP contribution in [0.2, 0.25) is 0 Å². The second kappa shape index (κ2) is 13.6. The van der Waals surface area contributed by atoms with Crippen molar-refractivity contribution >= 4 is 11.9 Å². The summed E-state index contributed by atoms with van der Waals surface area (Å²) in [5.41, 5.74) is 6.25. The molecule has 0 saturated heterocycles. The van der Waals surface area contributed by atoms with Gasteiger partial charge in [-0.25, -0.2) is 4.79 Å². The third-order valence-electron chi connectivity index (χ3n) is 12.8. The maximum Gasteiger partial charge on any atom is 0.328 e. The number of ether oxygens (including phenoxy) is 1. The summed E-state index contributed by atoms with van der Waals surface area (Å²) >= 11 is 0. The van der Waals surface area contributed by atoms with E-state index in [1.165, 1.54) is 52.1 Å². The zero-order valence-corrected chi connectivity index (χ0v) is 26.9. The van der Waals surface area contributed by atoms with Gasteiger partial charge >= 0.3 is 5.97 Å². The number of rotatable bonds is 12. The number of fused-ring (bicyclic) bond motifs is 5. The van der Waals surface area contributed by atoms with Crippen molar-refractivity contribution in [1.82, 2.24) is 10.6 Å². The van der Waals surface area contributed by atoms with E-state index in [2.05, 4.69) is 31.4 Å². The predicted octanol–water partition coefficient (Wildman–Crippen LogP) is 5.04. The molecule has 41 heavy (non-hydrogen) atoms. The first-order valence-corrected chi connectivity index (χ1v) is 16.9. The smallest absolute Gasteiger partial charge is 0.328 e. The Kier molecular flexibility index (Phi) is 10.9. The third-order valence-corrected chi connectivity index (χ3v) is 12.8. The number of hydrogen-bond acceptors (Lipinski definition) is 6. The zero-order valence-electron chi connectivity index (χ0n) is 26.9. The molecule has 0 aromatic heterocycles. The van der Waals surface area contributed by atoms with E-state index in [0.29, 0.717) is 53.4 Å². The molecular formula is C34H61N3O4. The summed E-state index contributed by atoms with van der Waals surface area (Å²) in [6.45, 7) is 13.1. The molecule has 1 amide bonds. The molecule has 0 bridgehead atoms. The summed E-state index contributed by atoms with van der Waals surface area (Å²) in [5, 5.41) is 18.4. The highest BCUT2D eigenvalue weighted by molar-refractivity contribution is 5.84. The van der Waals surface area contributed by atoms with Crippen molar-refractivity contribution in [3.63, 3.8) is 0 Å². The molecule has 0 radical (unpaired) electrons. The number of unbranched alkanes of at least 4 members (excludes halogenated alkanes) is 1.